The van der Waals surface area contributed by atoms with Crippen molar-refractivity contribution < 1.29 is 0 Å². The Bertz CT molecular complexity index is 533. The zero-order valence-corrected chi connectivity index (χ0v) is 11.6. The lowest BCUT2D eigenvalue weighted by molar-refractivity contribution is 1.08. The van der Waals surface area contributed by atoms with E-state index in [1.54, 1.807) is 6.07 Å². The molecule has 5 nitrogen and oxygen atoms in total. The van der Waals surface area contributed by atoms with E-state index in [0.29, 0.717) is 17.5 Å². The molecule has 6 heteroatoms. The summed E-state index contributed by atoms with van der Waals surface area (Å²) in [5.41, 5.74) is 7.85. The molecule has 0 spiro atoms. The number of hydrogen-bond acceptors (Lipinski definition) is 5. The lowest BCUT2D eigenvalue weighted by atomic mass is 10.2. The molecule has 100 valence electrons. The fraction of sp³-hybridized carbons (Fsp3) is 0.231. The SMILES string of the molecule is CN(C)c1ccc(CNc2cc(Cl)nc(N)n2)cc1. The summed E-state index contributed by atoms with van der Waals surface area (Å²) in [5, 5.41) is 3.49. The van der Waals surface area contributed by atoms with E-state index in [0.717, 1.165) is 11.3 Å². The summed E-state index contributed by atoms with van der Waals surface area (Å²) < 4.78 is 0. The van der Waals surface area contributed by atoms with E-state index in [1.807, 2.05) is 14.1 Å². The van der Waals surface area contributed by atoms with Gasteiger partial charge in [-0.2, -0.15) is 4.98 Å². The normalized spacial score (nSPS) is 10.3. The van der Waals surface area contributed by atoms with Crippen molar-refractivity contribution in [3.8, 4) is 0 Å². The Morgan fingerprint density at radius 1 is 1.21 bits per heavy atom. The van der Waals surface area contributed by atoms with Gasteiger partial charge in [-0.05, 0) is 17.7 Å². The Hall–Kier alpha value is -2.01. The molecule has 0 saturated carbocycles. The average molecular weight is 278 g/mol. The van der Waals surface area contributed by atoms with Crippen LogP contribution in [0.25, 0.3) is 0 Å². The van der Waals surface area contributed by atoms with Crippen molar-refractivity contribution in [1.29, 1.82) is 0 Å². The molecule has 0 aliphatic rings. The molecule has 19 heavy (non-hydrogen) atoms. The van der Waals surface area contributed by atoms with E-state index in [2.05, 4.69) is 44.5 Å². The molecule has 3 N–H and O–H groups in total. The van der Waals surface area contributed by atoms with Crippen LogP contribution in [-0.2, 0) is 6.54 Å². The van der Waals surface area contributed by atoms with Crippen LogP contribution in [0.15, 0.2) is 30.3 Å². The number of nitrogens with two attached hydrogens (primary N) is 1. The fourth-order valence-corrected chi connectivity index (χ4v) is 1.82. The summed E-state index contributed by atoms with van der Waals surface area (Å²) >= 11 is 5.81. The Labute approximate surface area is 117 Å². The highest BCUT2D eigenvalue weighted by Crippen LogP contribution is 2.15. The summed E-state index contributed by atoms with van der Waals surface area (Å²) in [6.45, 7) is 0.653. The van der Waals surface area contributed by atoms with E-state index in [9.17, 15) is 0 Å². The molecule has 0 bridgehead atoms. The summed E-state index contributed by atoms with van der Waals surface area (Å²) in [6.07, 6.45) is 0. The lowest BCUT2D eigenvalue weighted by Crippen LogP contribution is -2.09. The summed E-state index contributed by atoms with van der Waals surface area (Å²) in [6, 6.07) is 9.91. The van der Waals surface area contributed by atoms with E-state index >= 15 is 0 Å². The van der Waals surface area contributed by atoms with Crippen LogP contribution >= 0.6 is 11.6 Å². The van der Waals surface area contributed by atoms with E-state index < -0.39 is 0 Å². The van der Waals surface area contributed by atoms with Gasteiger partial charge in [-0.25, -0.2) is 4.98 Å². The first-order valence-electron chi connectivity index (χ1n) is 5.85. The van der Waals surface area contributed by atoms with Crippen molar-refractivity contribution in [2.75, 3.05) is 30.0 Å². The maximum atomic E-state index is 5.81. The van der Waals surface area contributed by atoms with Gasteiger partial charge in [0.25, 0.3) is 0 Å². The molecule has 0 aliphatic heterocycles. The molecule has 0 unspecified atom stereocenters. The van der Waals surface area contributed by atoms with Crippen LogP contribution in [0.3, 0.4) is 0 Å². The number of benzene rings is 1. The standard InChI is InChI=1S/C13H16ClN5/c1-19(2)10-5-3-9(4-6-10)8-16-12-7-11(14)17-13(15)18-12/h3-7H,8H2,1-2H3,(H3,15,16,17,18). The monoisotopic (exact) mass is 277 g/mol. The third-order valence-corrected chi connectivity index (χ3v) is 2.83. The number of hydrogen-bond donors (Lipinski definition) is 2. The van der Waals surface area contributed by atoms with Crippen molar-refractivity contribution in [3.05, 3.63) is 41.0 Å². The number of rotatable bonds is 4. The predicted octanol–water partition coefficient (Wildman–Crippen LogP) is 2.39. The lowest BCUT2D eigenvalue weighted by Gasteiger charge is -2.13. The van der Waals surface area contributed by atoms with Gasteiger partial charge in [0.2, 0.25) is 5.95 Å². The molecule has 1 heterocycles. The van der Waals surface area contributed by atoms with Gasteiger partial charge in [0.1, 0.15) is 11.0 Å². The Kier molecular flexibility index (Phi) is 4.06. The third kappa shape index (κ3) is 3.72. The van der Waals surface area contributed by atoms with Gasteiger partial charge in [0.05, 0.1) is 0 Å². The highest BCUT2D eigenvalue weighted by molar-refractivity contribution is 6.29. The summed E-state index contributed by atoms with van der Waals surface area (Å²) in [7, 11) is 4.03. The topological polar surface area (TPSA) is 67.1 Å². The molecule has 0 fully saturated rings. The molecule has 1 aromatic carbocycles. The van der Waals surface area contributed by atoms with Crippen molar-refractivity contribution in [2.45, 2.75) is 6.54 Å². The van der Waals surface area contributed by atoms with Gasteiger partial charge < -0.3 is 16.0 Å². The van der Waals surface area contributed by atoms with Crippen molar-refractivity contribution in [2.24, 2.45) is 0 Å². The Morgan fingerprint density at radius 2 is 1.89 bits per heavy atom. The number of aromatic nitrogens is 2. The van der Waals surface area contributed by atoms with E-state index in [-0.39, 0.29) is 5.95 Å². The van der Waals surface area contributed by atoms with Crippen LogP contribution in [0.1, 0.15) is 5.56 Å². The molecular formula is C13H16ClN5. The predicted molar refractivity (Wildman–Crippen MR) is 79.6 cm³/mol. The van der Waals surface area contributed by atoms with Crippen LogP contribution in [0.4, 0.5) is 17.5 Å². The highest BCUT2D eigenvalue weighted by Gasteiger charge is 2.01. The minimum absolute atomic E-state index is 0.165. The molecule has 0 atom stereocenters. The molecule has 0 amide bonds. The van der Waals surface area contributed by atoms with Gasteiger partial charge in [-0.1, -0.05) is 23.7 Å². The largest absolute Gasteiger partial charge is 0.378 e. The number of anilines is 3. The quantitative estimate of drug-likeness (QED) is 0.840. The van der Waals surface area contributed by atoms with E-state index in [4.69, 9.17) is 17.3 Å². The third-order valence-electron chi connectivity index (χ3n) is 2.64. The first-order chi connectivity index (χ1) is 9.04. The summed E-state index contributed by atoms with van der Waals surface area (Å²) in [4.78, 5) is 9.92. The van der Waals surface area contributed by atoms with Crippen LogP contribution in [0.5, 0.6) is 0 Å². The number of nitrogens with zero attached hydrogens (tertiary/aromatic N) is 3. The second kappa shape index (κ2) is 5.75. The van der Waals surface area contributed by atoms with E-state index in [1.165, 1.54) is 0 Å². The molecule has 2 aromatic rings. The zero-order chi connectivity index (χ0) is 13.8. The molecule has 0 saturated heterocycles. The molecule has 0 aliphatic carbocycles. The fourth-order valence-electron chi connectivity index (χ4n) is 1.63. The number of nitrogen functional groups attached to an aromatic ring is 1. The van der Waals surface area contributed by atoms with Crippen molar-refractivity contribution >= 4 is 29.1 Å². The van der Waals surface area contributed by atoms with Gasteiger partial charge in [0, 0.05) is 32.4 Å². The summed E-state index contributed by atoms with van der Waals surface area (Å²) in [5.74, 6) is 0.784. The van der Waals surface area contributed by atoms with Gasteiger partial charge in [-0.15, -0.1) is 0 Å². The molecule has 1 aromatic heterocycles. The zero-order valence-electron chi connectivity index (χ0n) is 10.9. The smallest absolute Gasteiger partial charge is 0.223 e. The van der Waals surface area contributed by atoms with Crippen molar-refractivity contribution in [3.63, 3.8) is 0 Å². The maximum absolute atomic E-state index is 5.81. The van der Waals surface area contributed by atoms with Gasteiger partial charge >= 0.3 is 0 Å². The second-order valence-electron chi connectivity index (χ2n) is 4.35. The van der Waals surface area contributed by atoms with Gasteiger partial charge in [0.15, 0.2) is 0 Å². The first kappa shape index (κ1) is 13.4. The maximum Gasteiger partial charge on any atom is 0.223 e. The van der Waals surface area contributed by atoms with Crippen molar-refractivity contribution in [1.82, 2.24) is 9.97 Å². The average Bonchev–Trinajstić information content (AvgIpc) is 2.36. The number of nitrogens with one attached hydrogen (secondary N) is 1. The minimum Gasteiger partial charge on any atom is -0.378 e. The number of halogens is 1. The van der Waals surface area contributed by atoms with Crippen LogP contribution in [0, 0.1) is 0 Å². The second-order valence-corrected chi connectivity index (χ2v) is 4.74. The molecule has 2 rings (SSSR count). The first-order valence-corrected chi connectivity index (χ1v) is 6.22. The van der Waals surface area contributed by atoms with Crippen LogP contribution < -0.4 is 16.0 Å². The molecular weight excluding hydrogens is 262 g/mol. The molecule has 0 radical (unpaired) electrons. The Balaban J connectivity index is 2.02. The van der Waals surface area contributed by atoms with Crippen LogP contribution in [-0.4, -0.2) is 24.1 Å². The Morgan fingerprint density at radius 3 is 2.47 bits per heavy atom. The highest BCUT2D eigenvalue weighted by atomic mass is 35.5. The minimum atomic E-state index is 0.165. The van der Waals surface area contributed by atoms with Crippen LogP contribution in [0.2, 0.25) is 5.15 Å². The van der Waals surface area contributed by atoms with Gasteiger partial charge in [-0.3, -0.25) is 0 Å².